The molecule has 2 N–H and O–H groups in total. The van der Waals surface area contributed by atoms with Gasteiger partial charge in [0.05, 0.1) is 18.8 Å². The molecule has 0 radical (unpaired) electrons. The Bertz CT molecular complexity index is 1030. The summed E-state index contributed by atoms with van der Waals surface area (Å²) in [6, 6.07) is 6.77. The molecular formula is C24H27F2N3O4. The van der Waals surface area contributed by atoms with Gasteiger partial charge in [0.25, 0.3) is 5.92 Å². The van der Waals surface area contributed by atoms with Crippen LogP contribution in [-0.4, -0.2) is 46.2 Å². The summed E-state index contributed by atoms with van der Waals surface area (Å²) >= 11 is 0. The van der Waals surface area contributed by atoms with E-state index in [-0.39, 0.29) is 30.4 Å². The van der Waals surface area contributed by atoms with E-state index in [1.165, 1.54) is 35.4 Å². The molecule has 176 valence electrons. The van der Waals surface area contributed by atoms with Crippen molar-refractivity contribution in [2.75, 3.05) is 13.2 Å². The highest BCUT2D eigenvalue weighted by Gasteiger charge is 2.34. The largest absolute Gasteiger partial charge is 0.508 e. The smallest absolute Gasteiger partial charge is 0.410 e. The number of aliphatic hydroxyl groups is 1. The van der Waals surface area contributed by atoms with Gasteiger partial charge in [0.15, 0.2) is 0 Å². The number of nitrogens with zero attached hydrogens (tertiary/aromatic N) is 2. The van der Waals surface area contributed by atoms with Crippen molar-refractivity contribution in [2.24, 2.45) is 0 Å². The summed E-state index contributed by atoms with van der Waals surface area (Å²) in [4.78, 5) is 30.4. The van der Waals surface area contributed by atoms with Crippen molar-refractivity contribution in [3.63, 3.8) is 0 Å². The predicted octanol–water partition coefficient (Wildman–Crippen LogP) is 4.63. The number of hydrogen-bond acceptors (Lipinski definition) is 5. The number of carbonyl (C=O) groups is 2. The molecule has 1 aromatic carbocycles. The van der Waals surface area contributed by atoms with Crippen LogP contribution >= 0.6 is 0 Å². The van der Waals surface area contributed by atoms with Gasteiger partial charge in [-0.05, 0) is 37.0 Å². The van der Waals surface area contributed by atoms with Crippen molar-refractivity contribution in [3.8, 4) is 11.1 Å². The fourth-order valence-electron chi connectivity index (χ4n) is 3.77. The lowest BCUT2D eigenvalue weighted by molar-refractivity contribution is -0.125. The van der Waals surface area contributed by atoms with Crippen molar-refractivity contribution in [2.45, 2.75) is 45.2 Å². The number of rotatable bonds is 7. The van der Waals surface area contributed by atoms with Gasteiger partial charge in [0, 0.05) is 30.8 Å². The minimum absolute atomic E-state index is 0.0856. The maximum Gasteiger partial charge on any atom is 0.410 e. The molecule has 1 aliphatic heterocycles. The number of halogens is 2. The van der Waals surface area contributed by atoms with Gasteiger partial charge >= 0.3 is 6.09 Å². The summed E-state index contributed by atoms with van der Waals surface area (Å²) in [5, 5.41) is 12.7. The summed E-state index contributed by atoms with van der Waals surface area (Å²) in [7, 11) is 0. The van der Waals surface area contributed by atoms with Crippen LogP contribution < -0.4 is 5.32 Å². The normalized spacial score (nSPS) is 15.9. The number of nitrogens with one attached hydrogen (secondary N) is 1. The van der Waals surface area contributed by atoms with Crippen LogP contribution in [0, 0.1) is 0 Å². The molecule has 0 bridgehead atoms. The predicted molar refractivity (Wildman–Crippen MR) is 120 cm³/mol. The maximum atomic E-state index is 13.5. The molecule has 7 nitrogen and oxygen atoms in total. The number of amides is 2. The Morgan fingerprint density at radius 3 is 2.64 bits per heavy atom. The maximum absolute atomic E-state index is 13.5. The number of likely N-dealkylation sites (tertiary alicyclic amines) is 1. The van der Waals surface area contributed by atoms with Gasteiger partial charge in [-0.3, -0.25) is 14.7 Å². The Kier molecular flexibility index (Phi) is 7.30. The number of ether oxygens (including phenoxy) is 1. The van der Waals surface area contributed by atoms with Gasteiger partial charge in [0.2, 0.25) is 5.91 Å². The van der Waals surface area contributed by atoms with Crippen LogP contribution in [-0.2, 0) is 22.0 Å². The molecule has 9 heteroatoms. The Labute approximate surface area is 191 Å². The van der Waals surface area contributed by atoms with Crippen LogP contribution in [0.25, 0.3) is 16.9 Å². The molecule has 1 unspecified atom stereocenters. The second-order valence-electron chi connectivity index (χ2n) is 7.90. The monoisotopic (exact) mass is 459 g/mol. The van der Waals surface area contributed by atoms with E-state index in [1.807, 2.05) is 0 Å². The molecule has 0 saturated carbocycles. The zero-order valence-electron chi connectivity index (χ0n) is 18.6. The average molecular weight is 459 g/mol. The Morgan fingerprint density at radius 2 is 2.03 bits per heavy atom. The van der Waals surface area contributed by atoms with Gasteiger partial charge in [0.1, 0.15) is 11.8 Å². The molecule has 2 aromatic rings. The van der Waals surface area contributed by atoms with Crippen molar-refractivity contribution in [1.82, 2.24) is 15.2 Å². The highest BCUT2D eigenvalue weighted by atomic mass is 19.3. The minimum Gasteiger partial charge on any atom is -0.508 e. The van der Waals surface area contributed by atoms with E-state index in [1.54, 1.807) is 13.0 Å². The first kappa shape index (κ1) is 24.2. The summed E-state index contributed by atoms with van der Waals surface area (Å²) in [6.45, 7) is 6.85. The van der Waals surface area contributed by atoms with Gasteiger partial charge in [-0.15, -0.1) is 0 Å². The van der Waals surface area contributed by atoms with E-state index in [9.17, 15) is 23.5 Å². The van der Waals surface area contributed by atoms with Crippen molar-refractivity contribution in [3.05, 3.63) is 59.9 Å². The number of pyridine rings is 1. The lowest BCUT2D eigenvalue weighted by Crippen LogP contribution is -2.46. The highest BCUT2D eigenvalue weighted by Crippen LogP contribution is 2.32. The molecule has 1 fully saturated rings. The van der Waals surface area contributed by atoms with Gasteiger partial charge < -0.3 is 15.2 Å². The topological polar surface area (TPSA) is 91.8 Å². The van der Waals surface area contributed by atoms with E-state index >= 15 is 0 Å². The lowest BCUT2D eigenvalue weighted by Gasteiger charge is -2.23. The van der Waals surface area contributed by atoms with Gasteiger partial charge in [-0.1, -0.05) is 30.8 Å². The van der Waals surface area contributed by atoms with E-state index in [0.717, 1.165) is 6.92 Å². The first-order chi connectivity index (χ1) is 15.6. The fourth-order valence-corrected chi connectivity index (χ4v) is 3.77. The van der Waals surface area contributed by atoms with E-state index in [0.29, 0.717) is 41.8 Å². The van der Waals surface area contributed by atoms with Crippen molar-refractivity contribution < 1.29 is 28.2 Å². The summed E-state index contributed by atoms with van der Waals surface area (Å²) in [5.41, 5.74) is 1.85. The molecule has 2 heterocycles. The zero-order valence-corrected chi connectivity index (χ0v) is 18.6. The lowest BCUT2D eigenvalue weighted by atomic mass is 9.97. The molecule has 1 saturated heterocycles. The SMILES string of the molecule is C=C(O)c1cnc(CNC(=O)C2CCCN2C(=O)OCC)cc1-c1ccc(C(C)(F)F)cc1. The highest BCUT2D eigenvalue weighted by molar-refractivity contribution is 5.86. The molecule has 3 rings (SSSR count). The second-order valence-corrected chi connectivity index (χ2v) is 7.90. The third-order valence-electron chi connectivity index (χ3n) is 5.48. The number of alkyl halides is 2. The summed E-state index contributed by atoms with van der Waals surface area (Å²) in [6.07, 6.45) is 2.16. The number of carbonyl (C=O) groups excluding carboxylic acids is 2. The quantitative estimate of drug-likeness (QED) is 0.590. The van der Waals surface area contributed by atoms with E-state index in [2.05, 4.69) is 16.9 Å². The van der Waals surface area contributed by atoms with E-state index in [4.69, 9.17) is 4.74 Å². The third-order valence-corrected chi connectivity index (χ3v) is 5.48. The number of aromatic nitrogens is 1. The van der Waals surface area contributed by atoms with Crippen LogP contribution in [0.15, 0.2) is 43.1 Å². The third kappa shape index (κ3) is 5.66. The number of hydrogen-bond donors (Lipinski definition) is 2. The second kappa shape index (κ2) is 9.97. The number of aliphatic hydroxyl groups excluding tert-OH is 1. The van der Waals surface area contributed by atoms with Crippen LogP contribution in [0.3, 0.4) is 0 Å². The summed E-state index contributed by atoms with van der Waals surface area (Å²) < 4.78 is 32.1. The standard InChI is InChI=1S/C24H27F2N3O4/c1-4-33-23(32)29-11-5-6-21(29)22(31)28-13-18-12-19(20(14-27-18)15(2)30)16-7-9-17(10-8-16)24(3,25)26/h7-10,12,14,21,30H,2,4-6,11,13H2,1,3H3,(H,28,31). The van der Waals surface area contributed by atoms with Gasteiger partial charge in [-0.25, -0.2) is 13.6 Å². The first-order valence-corrected chi connectivity index (χ1v) is 10.7. The Balaban J connectivity index is 1.77. The zero-order chi connectivity index (χ0) is 24.2. The Hall–Kier alpha value is -3.49. The molecular weight excluding hydrogens is 432 g/mol. The fraction of sp³-hybridized carbons (Fsp3) is 0.375. The molecule has 0 aliphatic carbocycles. The average Bonchev–Trinajstić information content (AvgIpc) is 3.27. The molecule has 0 spiro atoms. The van der Waals surface area contributed by atoms with Crippen LogP contribution in [0.5, 0.6) is 0 Å². The van der Waals surface area contributed by atoms with Crippen molar-refractivity contribution >= 4 is 17.8 Å². The van der Waals surface area contributed by atoms with Gasteiger partial charge in [-0.2, -0.15) is 0 Å². The van der Waals surface area contributed by atoms with Crippen LogP contribution in [0.2, 0.25) is 0 Å². The summed E-state index contributed by atoms with van der Waals surface area (Å²) in [5.74, 6) is -3.49. The first-order valence-electron chi connectivity index (χ1n) is 10.7. The van der Waals surface area contributed by atoms with Crippen molar-refractivity contribution in [1.29, 1.82) is 0 Å². The van der Waals surface area contributed by atoms with Crippen LogP contribution in [0.1, 0.15) is 43.5 Å². The Morgan fingerprint density at radius 1 is 1.33 bits per heavy atom. The molecule has 1 aromatic heterocycles. The number of benzene rings is 1. The molecule has 33 heavy (non-hydrogen) atoms. The minimum atomic E-state index is -2.96. The molecule has 1 aliphatic rings. The molecule has 1 atom stereocenters. The molecule has 2 amide bonds. The van der Waals surface area contributed by atoms with E-state index < -0.39 is 18.1 Å². The van der Waals surface area contributed by atoms with Crippen LogP contribution in [0.4, 0.5) is 13.6 Å².